The number of hydrogen-bond donors (Lipinski definition) is 0. The molecule has 2 aromatic carbocycles. The molecule has 0 atom stereocenters. The highest BCUT2D eigenvalue weighted by Crippen LogP contribution is 2.34. The number of aryl methyl sites for hydroxylation is 1. The van der Waals surface area contributed by atoms with Crippen molar-refractivity contribution < 1.29 is 9.66 Å². The summed E-state index contributed by atoms with van der Waals surface area (Å²) >= 11 is 6.14. The Bertz CT molecular complexity index is 827. The fourth-order valence-electron chi connectivity index (χ4n) is 2.07. The SMILES string of the molecule is Cn1ncc2c(Oc3ccc([N+](=O)[O-])cc3)ccc(Cl)c21. The number of halogens is 1. The van der Waals surface area contributed by atoms with Gasteiger partial charge in [-0.3, -0.25) is 14.8 Å². The molecule has 0 bridgehead atoms. The van der Waals surface area contributed by atoms with E-state index in [9.17, 15) is 10.1 Å². The van der Waals surface area contributed by atoms with E-state index in [0.717, 1.165) is 10.9 Å². The lowest BCUT2D eigenvalue weighted by atomic mass is 10.2. The highest BCUT2D eigenvalue weighted by Gasteiger charge is 2.11. The molecule has 7 heteroatoms. The lowest BCUT2D eigenvalue weighted by molar-refractivity contribution is -0.384. The Labute approximate surface area is 124 Å². The van der Waals surface area contributed by atoms with Crippen LogP contribution in [0.2, 0.25) is 5.02 Å². The van der Waals surface area contributed by atoms with Gasteiger partial charge in [0.05, 0.1) is 27.0 Å². The van der Waals surface area contributed by atoms with E-state index >= 15 is 0 Å². The lowest BCUT2D eigenvalue weighted by Crippen LogP contribution is -1.91. The van der Waals surface area contributed by atoms with Crippen molar-refractivity contribution in [2.24, 2.45) is 7.05 Å². The third-order valence-corrected chi connectivity index (χ3v) is 3.39. The summed E-state index contributed by atoms with van der Waals surface area (Å²) in [6, 6.07) is 9.36. The van der Waals surface area contributed by atoms with E-state index in [1.54, 1.807) is 42.2 Å². The molecule has 0 aliphatic heterocycles. The quantitative estimate of drug-likeness (QED) is 0.543. The molecule has 0 aliphatic carbocycles. The first-order chi connectivity index (χ1) is 10.1. The van der Waals surface area contributed by atoms with E-state index in [0.29, 0.717) is 16.5 Å². The molecule has 6 nitrogen and oxygen atoms in total. The third-order valence-electron chi connectivity index (χ3n) is 3.09. The van der Waals surface area contributed by atoms with Crippen molar-refractivity contribution >= 4 is 28.2 Å². The van der Waals surface area contributed by atoms with Gasteiger partial charge in [0, 0.05) is 19.2 Å². The highest BCUT2D eigenvalue weighted by molar-refractivity contribution is 6.35. The van der Waals surface area contributed by atoms with Crippen molar-refractivity contribution in [2.45, 2.75) is 0 Å². The predicted octanol–water partition coefficient (Wildman–Crippen LogP) is 3.93. The summed E-state index contributed by atoms with van der Waals surface area (Å²) in [4.78, 5) is 10.2. The molecule has 106 valence electrons. The van der Waals surface area contributed by atoms with Crippen LogP contribution in [0.25, 0.3) is 10.9 Å². The number of hydrogen-bond acceptors (Lipinski definition) is 4. The average Bonchev–Trinajstić information content (AvgIpc) is 2.86. The van der Waals surface area contributed by atoms with Gasteiger partial charge in [0.2, 0.25) is 0 Å². The highest BCUT2D eigenvalue weighted by atomic mass is 35.5. The van der Waals surface area contributed by atoms with E-state index in [-0.39, 0.29) is 5.69 Å². The first-order valence-electron chi connectivity index (χ1n) is 6.09. The van der Waals surface area contributed by atoms with Crippen LogP contribution in [0.3, 0.4) is 0 Å². The number of nitrogens with zero attached hydrogens (tertiary/aromatic N) is 3. The molecule has 0 spiro atoms. The Morgan fingerprint density at radius 2 is 1.95 bits per heavy atom. The molecule has 3 rings (SSSR count). The molecule has 0 radical (unpaired) electrons. The molecule has 0 fully saturated rings. The van der Waals surface area contributed by atoms with Gasteiger partial charge in [0.1, 0.15) is 11.5 Å². The Hall–Kier alpha value is -2.60. The maximum absolute atomic E-state index is 10.6. The number of aromatic nitrogens is 2. The topological polar surface area (TPSA) is 70.2 Å². The van der Waals surface area contributed by atoms with Gasteiger partial charge in [-0.05, 0) is 24.3 Å². The molecule has 0 saturated carbocycles. The second kappa shape index (κ2) is 5.06. The van der Waals surface area contributed by atoms with Crippen molar-refractivity contribution in [1.29, 1.82) is 0 Å². The number of rotatable bonds is 3. The number of fused-ring (bicyclic) bond motifs is 1. The van der Waals surface area contributed by atoms with E-state index in [1.165, 1.54) is 12.1 Å². The van der Waals surface area contributed by atoms with Crippen LogP contribution in [0, 0.1) is 10.1 Å². The van der Waals surface area contributed by atoms with Crippen molar-refractivity contribution in [3.05, 3.63) is 57.7 Å². The minimum absolute atomic E-state index is 0.0185. The van der Waals surface area contributed by atoms with Gasteiger partial charge in [-0.15, -0.1) is 0 Å². The molecule has 0 unspecified atom stereocenters. The number of non-ortho nitro benzene ring substituents is 1. The Balaban J connectivity index is 1.98. The smallest absolute Gasteiger partial charge is 0.269 e. The Kier molecular flexibility index (Phi) is 3.23. The monoisotopic (exact) mass is 303 g/mol. The van der Waals surface area contributed by atoms with Crippen LogP contribution in [-0.2, 0) is 7.05 Å². The summed E-state index contributed by atoms with van der Waals surface area (Å²) in [6.45, 7) is 0. The summed E-state index contributed by atoms with van der Waals surface area (Å²) < 4.78 is 7.43. The van der Waals surface area contributed by atoms with Crippen molar-refractivity contribution in [3.63, 3.8) is 0 Å². The van der Waals surface area contributed by atoms with Crippen LogP contribution in [0.5, 0.6) is 11.5 Å². The van der Waals surface area contributed by atoms with Gasteiger partial charge in [-0.2, -0.15) is 5.10 Å². The third kappa shape index (κ3) is 2.41. The van der Waals surface area contributed by atoms with Gasteiger partial charge in [-0.25, -0.2) is 0 Å². The Morgan fingerprint density at radius 1 is 1.24 bits per heavy atom. The van der Waals surface area contributed by atoms with Crippen LogP contribution in [0.15, 0.2) is 42.6 Å². The molecule has 1 aromatic heterocycles. The maximum Gasteiger partial charge on any atom is 0.269 e. The normalized spacial score (nSPS) is 10.8. The lowest BCUT2D eigenvalue weighted by Gasteiger charge is -2.07. The summed E-state index contributed by atoms with van der Waals surface area (Å²) in [5.74, 6) is 1.10. The first-order valence-corrected chi connectivity index (χ1v) is 6.46. The zero-order valence-electron chi connectivity index (χ0n) is 11.0. The zero-order valence-corrected chi connectivity index (χ0v) is 11.7. The van der Waals surface area contributed by atoms with E-state index < -0.39 is 4.92 Å². The van der Waals surface area contributed by atoms with Crippen molar-refractivity contribution in [3.8, 4) is 11.5 Å². The van der Waals surface area contributed by atoms with Crippen LogP contribution >= 0.6 is 11.6 Å². The van der Waals surface area contributed by atoms with Gasteiger partial charge in [-0.1, -0.05) is 11.6 Å². The van der Waals surface area contributed by atoms with Crippen molar-refractivity contribution in [1.82, 2.24) is 9.78 Å². The van der Waals surface area contributed by atoms with Crippen LogP contribution in [0.4, 0.5) is 5.69 Å². The summed E-state index contributed by atoms with van der Waals surface area (Å²) in [6.07, 6.45) is 1.67. The average molecular weight is 304 g/mol. The minimum atomic E-state index is -0.453. The summed E-state index contributed by atoms with van der Waals surface area (Å²) in [7, 11) is 1.80. The number of nitro benzene ring substituents is 1. The number of benzene rings is 2. The standard InChI is InChI=1S/C14H10ClN3O3/c1-17-14-11(8-16-17)13(7-6-12(14)15)21-10-4-2-9(3-5-10)18(19)20/h2-8H,1H3. The summed E-state index contributed by atoms with van der Waals surface area (Å²) in [5, 5.41) is 16.1. The van der Waals surface area contributed by atoms with E-state index in [2.05, 4.69) is 5.10 Å². The second-order valence-corrected chi connectivity index (χ2v) is 4.84. The predicted molar refractivity (Wildman–Crippen MR) is 78.9 cm³/mol. The largest absolute Gasteiger partial charge is 0.457 e. The van der Waals surface area contributed by atoms with Crippen LogP contribution in [0.1, 0.15) is 0 Å². The molecule has 3 aromatic rings. The molecule has 0 N–H and O–H groups in total. The molecule has 0 saturated heterocycles. The molecular weight excluding hydrogens is 294 g/mol. The maximum atomic E-state index is 10.6. The second-order valence-electron chi connectivity index (χ2n) is 4.43. The van der Waals surface area contributed by atoms with E-state index in [1.807, 2.05) is 0 Å². The van der Waals surface area contributed by atoms with Crippen LogP contribution < -0.4 is 4.74 Å². The zero-order chi connectivity index (χ0) is 15.0. The summed E-state index contributed by atoms with van der Waals surface area (Å²) in [5.41, 5.74) is 0.793. The number of nitro groups is 1. The molecule has 0 amide bonds. The van der Waals surface area contributed by atoms with Gasteiger partial charge >= 0.3 is 0 Å². The fourth-order valence-corrected chi connectivity index (χ4v) is 2.36. The van der Waals surface area contributed by atoms with Gasteiger partial charge in [0.15, 0.2) is 0 Å². The molecule has 21 heavy (non-hydrogen) atoms. The molecule has 0 aliphatic rings. The fraction of sp³-hybridized carbons (Fsp3) is 0.0714. The molecule has 1 heterocycles. The first kappa shape index (κ1) is 13.4. The van der Waals surface area contributed by atoms with Crippen LogP contribution in [-0.4, -0.2) is 14.7 Å². The van der Waals surface area contributed by atoms with E-state index in [4.69, 9.17) is 16.3 Å². The van der Waals surface area contributed by atoms with Gasteiger partial charge in [0.25, 0.3) is 5.69 Å². The minimum Gasteiger partial charge on any atom is -0.457 e. The number of ether oxygens (including phenoxy) is 1. The van der Waals surface area contributed by atoms with Gasteiger partial charge < -0.3 is 4.74 Å². The Morgan fingerprint density at radius 3 is 2.62 bits per heavy atom. The molecular formula is C14H10ClN3O3. The van der Waals surface area contributed by atoms with Crippen molar-refractivity contribution in [2.75, 3.05) is 0 Å².